The zero-order valence-corrected chi connectivity index (χ0v) is 13.2. The fourth-order valence-electron chi connectivity index (χ4n) is 2.70. The molecule has 1 saturated heterocycles. The van der Waals surface area contributed by atoms with Crippen molar-refractivity contribution in [1.29, 1.82) is 0 Å². The lowest BCUT2D eigenvalue weighted by atomic mass is 10.0. The molecule has 1 amide bonds. The zero-order chi connectivity index (χ0) is 14.9. The van der Waals surface area contributed by atoms with Gasteiger partial charge in [-0.2, -0.15) is 0 Å². The molecule has 1 aliphatic rings. The van der Waals surface area contributed by atoms with E-state index in [4.69, 9.17) is 0 Å². The van der Waals surface area contributed by atoms with Crippen molar-refractivity contribution in [2.24, 2.45) is 5.92 Å². The Morgan fingerprint density at radius 1 is 1.15 bits per heavy atom. The summed E-state index contributed by atoms with van der Waals surface area (Å²) in [5, 5.41) is 3.40. The Labute approximate surface area is 122 Å². The van der Waals surface area contributed by atoms with Crippen molar-refractivity contribution in [2.75, 3.05) is 6.54 Å². The van der Waals surface area contributed by atoms with Crippen molar-refractivity contribution in [3.8, 4) is 0 Å². The van der Waals surface area contributed by atoms with Crippen LogP contribution in [0.2, 0.25) is 0 Å². The summed E-state index contributed by atoms with van der Waals surface area (Å²) < 4.78 is 0. The highest BCUT2D eigenvalue weighted by molar-refractivity contribution is 5.84. The summed E-state index contributed by atoms with van der Waals surface area (Å²) in [5.74, 6) is 1.22. The highest BCUT2D eigenvalue weighted by Gasteiger charge is 2.37. The number of hydrogen-bond donors (Lipinski definition) is 1. The van der Waals surface area contributed by atoms with Crippen molar-refractivity contribution in [3.63, 3.8) is 0 Å². The van der Waals surface area contributed by atoms with E-state index in [1.807, 2.05) is 11.8 Å². The molecule has 1 aliphatic heterocycles. The third-order valence-electron chi connectivity index (χ3n) is 3.85. The lowest BCUT2D eigenvalue weighted by Crippen LogP contribution is -2.33. The van der Waals surface area contributed by atoms with Crippen LogP contribution >= 0.6 is 0 Å². The molecular weight excluding hydrogens is 248 g/mol. The molecule has 110 valence electrons. The third-order valence-corrected chi connectivity index (χ3v) is 3.85. The Morgan fingerprint density at radius 3 is 2.25 bits per heavy atom. The molecule has 3 heteroatoms. The van der Waals surface area contributed by atoms with E-state index in [1.54, 1.807) is 0 Å². The van der Waals surface area contributed by atoms with Gasteiger partial charge in [-0.05, 0) is 29.9 Å². The average molecular weight is 274 g/mol. The van der Waals surface area contributed by atoms with E-state index in [0.29, 0.717) is 11.8 Å². The van der Waals surface area contributed by atoms with Crippen LogP contribution < -0.4 is 5.32 Å². The second kappa shape index (κ2) is 5.96. The van der Waals surface area contributed by atoms with Crippen LogP contribution in [0.1, 0.15) is 57.8 Å². The maximum atomic E-state index is 12.3. The van der Waals surface area contributed by atoms with E-state index < -0.39 is 0 Å². The fourth-order valence-corrected chi connectivity index (χ4v) is 2.70. The highest BCUT2D eigenvalue weighted by atomic mass is 16.2. The fraction of sp³-hybridized carbons (Fsp3) is 0.588. The molecule has 2 atom stereocenters. The Bertz CT molecular complexity index is 464. The van der Waals surface area contributed by atoms with Crippen LogP contribution in [0.4, 0.5) is 0 Å². The predicted octanol–water partition coefficient (Wildman–Crippen LogP) is 3.28. The quantitative estimate of drug-likeness (QED) is 0.914. The molecule has 0 spiro atoms. The van der Waals surface area contributed by atoms with E-state index in [0.717, 1.165) is 6.54 Å². The van der Waals surface area contributed by atoms with Crippen molar-refractivity contribution in [1.82, 2.24) is 10.2 Å². The second-order valence-corrected chi connectivity index (χ2v) is 6.50. The highest BCUT2D eigenvalue weighted by Crippen LogP contribution is 2.27. The van der Waals surface area contributed by atoms with Crippen molar-refractivity contribution < 1.29 is 4.79 Å². The summed E-state index contributed by atoms with van der Waals surface area (Å²) in [6.45, 7) is 11.4. The number of benzene rings is 1. The van der Waals surface area contributed by atoms with Gasteiger partial charge in [-0.25, -0.2) is 0 Å². The Morgan fingerprint density at radius 2 is 1.75 bits per heavy atom. The first kappa shape index (κ1) is 15.0. The first-order valence-electron chi connectivity index (χ1n) is 7.56. The summed E-state index contributed by atoms with van der Waals surface area (Å²) >= 11 is 0. The topological polar surface area (TPSA) is 32.3 Å². The van der Waals surface area contributed by atoms with Gasteiger partial charge in [-0.3, -0.25) is 10.1 Å². The minimum atomic E-state index is -0.0940. The van der Waals surface area contributed by atoms with Crippen LogP contribution in [-0.2, 0) is 4.79 Å². The van der Waals surface area contributed by atoms with Gasteiger partial charge in [0.25, 0.3) is 0 Å². The molecule has 1 aromatic carbocycles. The van der Waals surface area contributed by atoms with Gasteiger partial charge in [-0.15, -0.1) is 0 Å². The first-order valence-corrected chi connectivity index (χ1v) is 7.56. The van der Waals surface area contributed by atoms with Gasteiger partial charge in [0.05, 0.1) is 6.04 Å². The van der Waals surface area contributed by atoms with Crippen LogP contribution in [0.3, 0.4) is 0 Å². The van der Waals surface area contributed by atoms with E-state index >= 15 is 0 Å². The number of nitrogens with zero attached hydrogens (tertiary/aromatic N) is 1. The lowest BCUT2D eigenvalue weighted by Gasteiger charge is -2.26. The Balaban J connectivity index is 2.23. The number of carbonyl (C=O) groups excluding carboxylic acids is 1. The summed E-state index contributed by atoms with van der Waals surface area (Å²) in [4.78, 5) is 14.2. The standard InChI is InChI=1S/C17H26N2O/c1-11(2)10-19-16(18-13(5)17(19)20)15-8-6-14(7-9-15)12(3)4/h6-9,11-13,16,18H,10H2,1-5H3. The van der Waals surface area contributed by atoms with E-state index in [1.165, 1.54) is 11.1 Å². The van der Waals surface area contributed by atoms with Gasteiger partial charge in [0.2, 0.25) is 5.91 Å². The van der Waals surface area contributed by atoms with Crippen molar-refractivity contribution >= 4 is 5.91 Å². The average Bonchev–Trinajstić information content (AvgIpc) is 2.66. The summed E-state index contributed by atoms with van der Waals surface area (Å²) in [5.41, 5.74) is 2.51. The van der Waals surface area contributed by atoms with Crippen LogP contribution in [0.5, 0.6) is 0 Å². The molecule has 3 nitrogen and oxygen atoms in total. The van der Waals surface area contributed by atoms with Gasteiger partial charge in [-0.1, -0.05) is 52.0 Å². The van der Waals surface area contributed by atoms with Crippen molar-refractivity contribution in [2.45, 2.75) is 52.7 Å². The predicted molar refractivity (Wildman–Crippen MR) is 82.4 cm³/mol. The molecule has 0 radical (unpaired) electrons. The van der Waals surface area contributed by atoms with Gasteiger partial charge < -0.3 is 4.90 Å². The van der Waals surface area contributed by atoms with E-state index in [-0.39, 0.29) is 18.1 Å². The van der Waals surface area contributed by atoms with E-state index in [2.05, 4.69) is 57.3 Å². The molecule has 0 aliphatic carbocycles. The van der Waals surface area contributed by atoms with Gasteiger partial charge in [0.1, 0.15) is 6.17 Å². The van der Waals surface area contributed by atoms with Gasteiger partial charge >= 0.3 is 0 Å². The summed E-state index contributed by atoms with van der Waals surface area (Å²) in [7, 11) is 0. The molecule has 1 heterocycles. The van der Waals surface area contributed by atoms with E-state index in [9.17, 15) is 4.79 Å². The number of hydrogen-bond acceptors (Lipinski definition) is 2. The molecular formula is C17H26N2O. The molecule has 1 fully saturated rings. The molecule has 0 bridgehead atoms. The molecule has 2 unspecified atom stereocenters. The van der Waals surface area contributed by atoms with Crippen LogP contribution in [0.15, 0.2) is 24.3 Å². The maximum absolute atomic E-state index is 12.3. The molecule has 1 aromatic rings. The maximum Gasteiger partial charge on any atom is 0.241 e. The third kappa shape index (κ3) is 3.04. The monoisotopic (exact) mass is 274 g/mol. The number of amides is 1. The molecule has 0 saturated carbocycles. The number of nitrogens with one attached hydrogen (secondary N) is 1. The normalized spacial score (nSPS) is 23.1. The SMILES string of the molecule is CC(C)CN1C(=O)C(C)NC1c1ccc(C(C)C)cc1. The second-order valence-electron chi connectivity index (χ2n) is 6.50. The first-order chi connectivity index (χ1) is 9.40. The largest absolute Gasteiger partial charge is 0.321 e. The minimum Gasteiger partial charge on any atom is -0.321 e. The smallest absolute Gasteiger partial charge is 0.241 e. The molecule has 2 rings (SSSR count). The van der Waals surface area contributed by atoms with Crippen LogP contribution in [-0.4, -0.2) is 23.4 Å². The van der Waals surface area contributed by atoms with Gasteiger partial charge in [0, 0.05) is 6.54 Å². The number of rotatable bonds is 4. The zero-order valence-electron chi connectivity index (χ0n) is 13.2. The van der Waals surface area contributed by atoms with Crippen molar-refractivity contribution in [3.05, 3.63) is 35.4 Å². The van der Waals surface area contributed by atoms with Crippen LogP contribution in [0.25, 0.3) is 0 Å². The summed E-state index contributed by atoms with van der Waals surface area (Å²) in [6.07, 6.45) is 0.0149. The number of carbonyl (C=O) groups is 1. The minimum absolute atomic E-state index is 0.0149. The lowest BCUT2D eigenvalue weighted by molar-refractivity contribution is -0.130. The Hall–Kier alpha value is -1.35. The Kier molecular flexibility index (Phi) is 4.48. The van der Waals surface area contributed by atoms with Crippen LogP contribution in [0, 0.1) is 5.92 Å². The molecule has 1 N–H and O–H groups in total. The summed E-state index contributed by atoms with van der Waals surface area (Å²) in [6, 6.07) is 8.53. The molecule has 20 heavy (non-hydrogen) atoms. The van der Waals surface area contributed by atoms with Gasteiger partial charge in [0.15, 0.2) is 0 Å². The molecule has 0 aromatic heterocycles.